The van der Waals surface area contributed by atoms with Gasteiger partial charge in [-0.1, -0.05) is 6.92 Å². The van der Waals surface area contributed by atoms with Crippen LogP contribution in [-0.2, 0) is 0 Å². The number of nitrogens with zero attached hydrogens (tertiary/aromatic N) is 4. The number of rotatable bonds is 2. The van der Waals surface area contributed by atoms with E-state index >= 15 is 0 Å². The van der Waals surface area contributed by atoms with Gasteiger partial charge in [0, 0.05) is 19.1 Å². The number of aromatic nitrogens is 3. The summed E-state index contributed by atoms with van der Waals surface area (Å²) in [6.07, 6.45) is 3.98. The monoisotopic (exact) mass is 259 g/mol. The molecule has 2 N–H and O–H groups in total. The molecule has 2 atom stereocenters. The van der Waals surface area contributed by atoms with E-state index in [1.54, 1.807) is 6.33 Å². The van der Waals surface area contributed by atoms with Crippen LogP contribution in [0.3, 0.4) is 0 Å². The second-order valence-corrected chi connectivity index (χ2v) is 5.63. The van der Waals surface area contributed by atoms with Crippen LogP contribution in [-0.4, -0.2) is 33.7 Å². The van der Waals surface area contributed by atoms with Crippen molar-refractivity contribution in [3.05, 3.63) is 24.0 Å². The Labute approximate surface area is 113 Å². The minimum atomic E-state index is 0.401. The van der Waals surface area contributed by atoms with E-state index in [1.165, 1.54) is 12.0 Å². The van der Waals surface area contributed by atoms with Crippen molar-refractivity contribution in [2.45, 2.75) is 32.7 Å². The van der Waals surface area contributed by atoms with E-state index in [4.69, 9.17) is 5.73 Å². The number of nitrogens with two attached hydrogens (primary N) is 1. The fourth-order valence-electron chi connectivity index (χ4n) is 3.02. The molecule has 2 aromatic rings. The van der Waals surface area contributed by atoms with Gasteiger partial charge in [-0.2, -0.15) is 9.61 Å². The second-order valence-electron chi connectivity index (χ2n) is 5.63. The van der Waals surface area contributed by atoms with Crippen molar-refractivity contribution in [3.8, 4) is 0 Å². The van der Waals surface area contributed by atoms with Crippen molar-refractivity contribution >= 4 is 11.5 Å². The zero-order valence-electron chi connectivity index (χ0n) is 11.6. The first-order valence-electron chi connectivity index (χ1n) is 6.96. The van der Waals surface area contributed by atoms with Crippen LogP contribution < -0.4 is 10.6 Å². The molecule has 0 radical (unpaired) electrons. The van der Waals surface area contributed by atoms with Crippen molar-refractivity contribution in [2.24, 2.45) is 11.7 Å². The van der Waals surface area contributed by atoms with E-state index in [-0.39, 0.29) is 0 Å². The molecule has 1 fully saturated rings. The summed E-state index contributed by atoms with van der Waals surface area (Å²) >= 11 is 0. The van der Waals surface area contributed by atoms with Crippen LogP contribution in [0.1, 0.15) is 25.3 Å². The van der Waals surface area contributed by atoms with E-state index in [9.17, 15) is 0 Å². The number of hydrogen-bond acceptors (Lipinski definition) is 4. The van der Waals surface area contributed by atoms with Gasteiger partial charge in [-0.05, 0) is 43.4 Å². The minimum Gasteiger partial charge on any atom is -0.352 e. The van der Waals surface area contributed by atoms with Crippen LogP contribution in [0.25, 0.3) is 5.65 Å². The lowest BCUT2D eigenvalue weighted by molar-refractivity contribution is 0.363. The highest BCUT2D eigenvalue weighted by atomic mass is 15.4. The number of aryl methyl sites for hydroxylation is 1. The molecule has 5 nitrogen and oxygen atoms in total. The van der Waals surface area contributed by atoms with E-state index < -0.39 is 0 Å². The zero-order chi connectivity index (χ0) is 13.4. The fraction of sp³-hybridized carbons (Fsp3) is 0.571. The molecule has 19 heavy (non-hydrogen) atoms. The third kappa shape index (κ3) is 2.18. The number of pyridine rings is 1. The highest BCUT2D eigenvalue weighted by molar-refractivity contribution is 5.53. The molecule has 0 aliphatic carbocycles. The average molecular weight is 259 g/mol. The van der Waals surface area contributed by atoms with Crippen LogP contribution in [0, 0.1) is 12.8 Å². The number of piperidine rings is 1. The Morgan fingerprint density at radius 2 is 2.26 bits per heavy atom. The lowest BCUT2D eigenvalue weighted by Gasteiger charge is -2.39. The van der Waals surface area contributed by atoms with Gasteiger partial charge in [-0.25, -0.2) is 4.98 Å². The minimum absolute atomic E-state index is 0.401. The predicted octanol–water partition coefficient (Wildman–Crippen LogP) is 1.60. The lowest BCUT2D eigenvalue weighted by atomic mass is 9.92. The molecule has 0 spiro atoms. The van der Waals surface area contributed by atoms with Gasteiger partial charge in [-0.3, -0.25) is 0 Å². The van der Waals surface area contributed by atoms with Crippen molar-refractivity contribution in [1.82, 2.24) is 14.6 Å². The molecule has 102 valence electrons. The fourth-order valence-corrected chi connectivity index (χ4v) is 3.02. The average Bonchev–Trinajstić information content (AvgIpc) is 2.85. The molecule has 0 amide bonds. The Balaban J connectivity index is 2.05. The van der Waals surface area contributed by atoms with E-state index in [1.807, 2.05) is 4.52 Å². The summed E-state index contributed by atoms with van der Waals surface area (Å²) in [4.78, 5) is 6.69. The first kappa shape index (κ1) is 12.4. The molecule has 5 heteroatoms. The third-order valence-electron chi connectivity index (χ3n) is 4.05. The van der Waals surface area contributed by atoms with Crippen molar-refractivity contribution in [2.75, 3.05) is 18.0 Å². The van der Waals surface area contributed by atoms with E-state index in [0.29, 0.717) is 12.6 Å². The molecule has 0 saturated carbocycles. The summed E-state index contributed by atoms with van der Waals surface area (Å²) in [5.74, 6) is 1.87. The molecular weight excluding hydrogens is 238 g/mol. The Morgan fingerprint density at radius 3 is 3.05 bits per heavy atom. The van der Waals surface area contributed by atoms with Gasteiger partial charge in [0.2, 0.25) is 0 Å². The van der Waals surface area contributed by atoms with Gasteiger partial charge in [0.25, 0.3) is 0 Å². The Kier molecular flexibility index (Phi) is 3.14. The van der Waals surface area contributed by atoms with Gasteiger partial charge < -0.3 is 10.6 Å². The summed E-state index contributed by atoms with van der Waals surface area (Å²) in [6.45, 7) is 6.14. The summed E-state index contributed by atoms with van der Waals surface area (Å²) in [5.41, 5.74) is 8.08. The molecular formula is C14H21N5. The van der Waals surface area contributed by atoms with Gasteiger partial charge in [0.15, 0.2) is 5.65 Å². The van der Waals surface area contributed by atoms with Crippen molar-refractivity contribution in [3.63, 3.8) is 0 Å². The zero-order valence-corrected chi connectivity index (χ0v) is 11.6. The Bertz CT molecular complexity index is 576. The van der Waals surface area contributed by atoms with Crippen LogP contribution >= 0.6 is 0 Å². The van der Waals surface area contributed by atoms with Crippen LogP contribution in [0.5, 0.6) is 0 Å². The number of hydrogen-bond donors (Lipinski definition) is 1. The number of anilines is 1. The van der Waals surface area contributed by atoms with Crippen LogP contribution in [0.15, 0.2) is 18.5 Å². The standard InChI is InChI=1S/C14H21N5/c1-10-3-4-18(12(5-10)8-15)14-7-11(2)6-13-16-9-17-19(13)14/h6-7,9-10,12H,3-5,8,15H2,1-2H3. The normalized spacial score (nSPS) is 24.1. The summed E-state index contributed by atoms with van der Waals surface area (Å²) in [7, 11) is 0. The lowest BCUT2D eigenvalue weighted by Crippen LogP contribution is -2.47. The Morgan fingerprint density at radius 1 is 1.42 bits per heavy atom. The van der Waals surface area contributed by atoms with Crippen LogP contribution in [0.4, 0.5) is 5.82 Å². The van der Waals surface area contributed by atoms with Crippen LogP contribution in [0.2, 0.25) is 0 Å². The molecule has 2 unspecified atom stereocenters. The largest absolute Gasteiger partial charge is 0.352 e. The maximum absolute atomic E-state index is 5.96. The first-order valence-corrected chi connectivity index (χ1v) is 6.96. The van der Waals surface area contributed by atoms with Crippen molar-refractivity contribution < 1.29 is 0 Å². The predicted molar refractivity (Wildman–Crippen MR) is 76.3 cm³/mol. The molecule has 3 rings (SSSR count). The molecule has 1 aliphatic heterocycles. The highest BCUT2D eigenvalue weighted by Gasteiger charge is 2.27. The summed E-state index contributed by atoms with van der Waals surface area (Å²) in [5, 5.41) is 4.35. The maximum atomic E-state index is 5.96. The molecule has 1 saturated heterocycles. The first-order chi connectivity index (χ1) is 9.19. The maximum Gasteiger partial charge on any atom is 0.157 e. The second kappa shape index (κ2) is 4.81. The molecule has 2 aromatic heterocycles. The SMILES string of the molecule is Cc1cc(N2CCC(C)CC2CN)n2ncnc2c1. The molecule has 0 bridgehead atoms. The van der Waals surface area contributed by atoms with Gasteiger partial charge >= 0.3 is 0 Å². The summed E-state index contributed by atoms with van der Waals surface area (Å²) in [6, 6.07) is 4.64. The smallest absolute Gasteiger partial charge is 0.157 e. The van der Waals surface area contributed by atoms with E-state index in [2.05, 4.69) is 41.0 Å². The number of fused-ring (bicyclic) bond motifs is 1. The molecule has 1 aliphatic rings. The quantitative estimate of drug-likeness (QED) is 0.890. The highest BCUT2D eigenvalue weighted by Crippen LogP contribution is 2.28. The third-order valence-corrected chi connectivity index (χ3v) is 4.05. The van der Waals surface area contributed by atoms with Gasteiger partial charge in [-0.15, -0.1) is 0 Å². The van der Waals surface area contributed by atoms with E-state index in [0.717, 1.165) is 30.3 Å². The molecule has 0 aromatic carbocycles. The molecule has 3 heterocycles. The van der Waals surface area contributed by atoms with Crippen molar-refractivity contribution in [1.29, 1.82) is 0 Å². The van der Waals surface area contributed by atoms with Gasteiger partial charge in [0.05, 0.1) is 0 Å². The summed E-state index contributed by atoms with van der Waals surface area (Å²) < 4.78 is 1.92. The van der Waals surface area contributed by atoms with Gasteiger partial charge in [0.1, 0.15) is 12.1 Å². The topological polar surface area (TPSA) is 59.5 Å². The Hall–Kier alpha value is -1.62.